The number of aromatic nitrogens is 1. The molecule has 7 nitrogen and oxygen atoms in total. The number of alkyl halides is 1. The van der Waals surface area contributed by atoms with Crippen LogP contribution in [0.4, 0.5) is 23.8 Å². The highest BCUT2D eigenvalue weighted by Crippen LogP contribution is 2.39. The van der Waals surface area contributed by atoms with Crippen LogP contribution in [0.2, 0.25) is 0 Å². The van der Waals surface area contributed by atoms with Gasteiger partial charge < -0.3 is 9.84 Å². The largest absolute Gasteiger partial charge is 0.481 e. The van der Waals surface area contributed by atoms with Crippen molar-refractivity contribution in [2.75, 3.05) is 24.5 Å². The van der Waals surface area contributed by atoms with Crippen molar-refractivity contribution in [3.8, 4) is 0 Å². The Balaban J connectivity index is 1.31. The predicted molar refractivity (Wildman–Crippen MR) is 140 cm³/mol. The molecule has 1 saturated heterocycles. The SMILES string of the molecule is CC(C)(C)OC(=O)N1CCCc2ccc(CCCCC3(F)CN([C@@H](CC(=O)O)c4cc(F)cc(F)c4)C3)nc21. The van der Waals surface area contributed by atoms with Gasteiger partial charge in [-0.25, -0.2) is 22.9 Å². The highest BCUT2D eigenvalue weighted by Gasteiger charge is 2.46. The van der Waals surface area contributed by atoms with Gasteiger partial charge >= 0.3 is 12.1 Å². The summed E-state index contributed by atoms with van der Waals surface area (Å²) in [4.78, 5) is 32.0. The Kier molecular flexibility index (Phi) is 8.54. The molecule has 212 valence electrons. The Bertz CT molecular complexity index is 1190. The van der Waals surface area contributed by atoms with Crippen LogP contribution in [-0.2, 0) is 22.4 Å². The smallest absolute Gasteiger partial charge is 0.416 e. The Hall–Kier alpha value is -3.14. The number of halogens is 3. The molecule has 1 N–H and O–H groups in total. The lowest BCUT2D eigenvalue weighted by Gasteiger charge is -2.48. The lowest BCUT2D eigenvalue weighted by Crippen LogP contribution is -2.60. The highest BCUT2D eigenvalue weighted by molar-refractivity contribution is 5.88. The molecule has 0 bridgehead atoms. The number of rotatable bonds is 9. The second kappa shape index (κ2) is 11.5. The molecule has 1 fully saturated rings. The Morgan fingerprint density at radius 2 is 1.82 bits per heavy atom. The molecule has 0 saturated carbocycles. The van der Waals surface area contributed by atoms with Gasteiger partial charge in [-0.1, -0.05) is 6.07 Å². The standard InChI is InChI=1S/C29H36F3N3O4/c1-28(2,3)39-27(38)35-12-6-7-19-9-10-23(33-26(19)35)8-4-5-11-29(32)17-34(18-29)24(16-25(36)37)20-13-21(30)15-22(31)14-20/h9-10,13-15,24H,4-8,11-12,16-18H2,1-3H3,(H,36,37)/t24-/m0/s1. The minimum atomic E-state index is -1.49. The van der Waals surface area contributed by atoms with Crippen LogP contribution in [0.3, 0.4) is 0 Å². The Labute approximate surface area is 227 Å². The third-order valence-electron chi connectivity index (χ3n) is 7.07. The van der Waals surface area contributed by atoms with Gasteiger partial charge in [0.05, 0.1) is 6.42 Å². The molecular weight excluding hydrogens is 511 g/mol. The van der Waals surface area contributed by atoms with E-state index in [9.17, 15) is 23.5 Å². The number of anilines is 1. The number of carboxylic acids is 1. The van der Waals surface area contributed by atoms with E-state index in [-0.39, 0.29) is 31.5 Å². The van der Waals surface area contributed by atoms with Gasteiger partial charge in [0.2, 0.25) is 0 Å². The monoisotopic (exact) mass is 547 g/mol. The third-order valence-corrected chi connectivity index (χ3v) is 7.07. The van der Waals surface area contributed by atoms with E-state index in [2.05, 4.69) is 0 Å². The summed E-state index contributed by atoms with van der Waals surface area (Å²) in [6.45, 7) is 6.03. The average Bonchev–Trinajstić information content (AvgIpc) is 2.81. The molecule has 0 unspecified atom stereocenters. The minimum absolute atomic E-state index is 0.00498. The maximum Gasteiger partial charge on any atom is 0.416 e. The van der Waals surface area contributed by atoms with E-state index < -0.39 is 41.0 Å². The van der Waals surface area contributed by atoms with Crippen LogP contribution in [0.1, 0.15) is 75.7 Å². The van der Waals surface area contributed by atoms with E-state index in [1.807, 2.05) is 32.9 Å². The summed E-state index contributed by atoms with van der Waals surface area (Å²) in [5, 5.41) is 9.29. The second-order valence-electron chi connectivity index (χ2n) is 11.6. The van der Waals surface area contributed by atoms with E-state index in [1.54, 1.807) is 9.80 Å². The van der Waals surface area contributed by atoms with Crippen molar-refractivity contribution in [3.63, 3.8) is 0 Å². The summed E-state index contributed by atoms with van der Waals surface area (Å²) in [7, 11) is 0. The van der Waals surface area contributed by atoms with E-state index in [0.717, 1.165) is 42.3 Å². The van der Waals surface area contributed by atoms with Crippen LogP contribution >= 0.6 is 0 Å². The van der Waals surface area contributed by atoms with Gasteiger partial charge in [-0.15, -0.1) is 0 Å². The van der Waals surface area contributed by atoms with Crippen molar-refractivity contribution in [2.24, 2.45) is 0 Å². The van der Waals surface area contributed by atoms with Crippen molar-refractivity contribution in [2.45, 2.75) is 83.0 Å². The summed E-state index contributed by atoms with van der Waals surface area (Å²) < 4.78 is 48.3. The number of carbonyl (C=O) groups excluding carboxylic acids is 1. The molecule has 1 atom stereocenters. The number of hydrogen-bond donors (Lipinski definition) is 1. The van der Waals surface area contributed by atoms with Gasteiger partial charge in [0, 0.05) is 37.4 Å². The molecule has 2 aliphatic heterocycles. The summed E-state index contributed by atoms with van der Waals surface area (Å²) >= 11 is 0. The van der Waals surface area contributed by atoms with Crippen molar-refractivity contribution in [3.05, 3.63) is 58.8 Å². The molecule has 2 aromatic rings. The molecule has 39 heavy (non-hydrogen) atoms. The number of aryl methyl sites for hydroxylation is 2. The molecule has 1 amide bonds. The van der Waals surface area contributed by atoms with Gasteiger partial charge in [-0.2, -0.15) is 0 Å². The normalized spacial score (nSPS) is 17.7. The number of unbranched alkanes of at least 4 members (excludes halogenated alkanes) is 1. The molecular formula is C29H36F3N3O4. The fourth-order valence-electron chi connectivity index (χ4n) is 5.31. The van der Waals surface area contributed by atoms with Crippen LogP contribution in [0.25, 0.3) is 0 Å². The first-order valence-corrected chi connectivity index (χ1v) is 13.4. The zero-order chi connectivity index (χ0) is 28.4. The van der Waals surface area contributed by atoms with Gasteiger partial charge in [-0.3, -0.25) is 14.6 Å². The maximum atomic E-state index is 15.3. The van der Waals surface area contributed by atoms with Crippen molar-refractivity contribution < 1.29 is 32.6 Å². The summed E-state index contributed by atoms with van der Waals surface area (Å²) in [5.41, 5.74) is -0.0770. The maximum absolute atomic E-state index is 15.3. The zero-order valence-electron chi connectivity index (χ0n) is 22.7. The Morgan fingerprint density at radius 1 is 1.13 bits per heavy atom. The number of fused-ring (bicyclic) bond motifs is 1. The number of benzene rings is 1. The molecule has 4 rings (SSSR count). The fourth-order valence-corrected chi connectivity index (χ4v) is 5.31. The number of nitrogens with zero attached hydrogens (tertiary/aromatic N) is 3. The first kappa shape index (κ1) is 28.9. The number of hydrogen-bond acceptors (Lipinski definition) is 5. The first-order valence-electron chi connectivity index (χ1n) is 13.4. The van der Waals surface area contributed by atoms with Crippen LogP contribution in [0, 0.1) is 11.6 Å². The van der Waals surface area contributed by atoms with Crippen LogP contribution in [0.15, 0.2) is 30.3 Å². The molecule has 1 aromatic heterocycles. The van der Waals surface area contributed by atoms with E-state index in [0.29, 0.717) is 31.6 Å². The van der Waals surface area contributed by atoms with Gasteiger partial charge in [0.1, 0.15) is 28.7 Å². The average molecular weight is 548 g/mol. The second-order valence-corrected chi connectivity index (χ2v) is 11.6. The van der Waals surface area contributed by atoms with Crippen LogP contribution < -0.4 is 4.90 Å². The molecule has 0 aliphatic carbocycles. The third kappa shape index (κ3) is 7.50. The number of carboxylic acid groups (broad SMARTS) is 1. The van der Waals surface area contributed by atoms with E-state index in [4.69, 9.17) is 9.72 Å². The molecule has 2 aliphatic rings. The number of pyridine rings is 1. The highest BCUT2D eigenvalue weighted by atomic mass is 19.1. The van der Waals surface area contributed by atoms with Crippen molar-refractivity contribution in [1.29, 1.82) is 0 Å². The number of ether oxygens (including phenoxy) is 1. The molecule has 0 spiro atoms. The zero-order valence-corrected chi connectivity index (χ0v) is 22.7. The van der Waals surface area contributed by atoms with Crippen LogP contribution in [0.5, 0.6) is 0 Å². The first-order chi connectivity index (χ1) is 18.3. The fraction of sp³-hybridized carbons (Fsp3) is 0.552. The Morgan fingerprint density at radius 3 is 2.46 bits per heavy atom. The van der Waals surface area contributed by atoms with Gasteiger partial charge in [0.15, 0.2) is 0 Å². The summed E-state index contributed by atoms with van der Waals surface area (Å²) in [6.07, 6.45) is 3.09. The number of likely N-dealkylation sites (tertiary alicyclic amines) is 1. The number of carbonyl (C=O) groups is 2. The molecule has 3 heterocycles. The minimum Gasteiger partial charge on any atom is -0.481 e. The molecule has 10 heteroatoms. The van der Waals surface area contributed by atoms with E-state index >= 15 is 4.39 Å². The summed E-state index contributed by atoms with van der Waals surface area (Å²) in [6, 6.07) is 6.07. The van der Waals surface area contributed by atoms with Crippen molar-refractivity contribution in [1.82, 2.24) is 9.88 Å². The number of aliphatic carboxylic acids is 1. The van der Waals surface area contributed by atoms with Gasteiger partial charge in [0.25, 0.3) is 0 Å². The lowest BCUT2D eigenvalue weighted by molar-refractivity contribution is -0.141. The predicted octanol–water partition coefficient (Wildman–Crippen LogP) is 6.00. The molecule has 0 radical (unpaired) electrons. The number of amides is 1. The van der Waals surface area contributed by atoms with Crippen LogP contribution in [-0.4, -0.2) is 58.0 Å². The molecule has 1 aromatic carbocycles. The lowest BCUT2D eigenvalue weighted by atomic mass is 9.86. The summed E-state index contributed by atoms with van der Waals surface area (Å²) in [5.74, 6) is -2.08. The van der Waals surface area contributed by atoms with E-state index in [1.165, 1.54) is 0 Å². The van der Waals surface area contributed by atoms with Gasteiger partial charge in [-0.05, 0) is 88.6 Å². The van der Waals surface area contributed by atoms with Crippen molar-refractivity contribution >= 4 is 17.9 Å². The topological polar surface area (TPSA) is 83.0 Å². The quantitative estimate of drug-likeness (QED) is 0.388.